The van der Waals surface area contributed by atoms with Crippen LogP contribution in [0.15, 0.2) is 12.4 Å². The molecule has 0 saturated carbocycles. The lowest BCUT2D eigenvalue weighted by atomic mass is 10.2. The fourth-order valence-corrected chi connectivity index (χ4v) is 2.25. The summed E-state index contributed by atoms with van der Waals surface area (Å²) in [5, 5.41) is 3.27. The van der Waals surface area contributed by atoms with E-state index in [0.29, 0.717) is 0 Å². The van der Waals surface area contributed by atoms with Gasteiger partial charge in [0.25, 0.3) is 0 Å². The zero-order valence-corrected chi connectivity index (χ0v) is 11.4. The number of nitrogens with zero attached hydrogens (tertiary/aromatic N) is 3. The van der Waals surface area contributed by atoms with Crippen LogP contribution in [0.2, 0.25) is 0 Å². The molecule has 2 heterocycles. The molecule has 1 N–H and O–H groups in total. The first-order valence-corrected chi connectivity index (χ1v) is 6.61. The van der Waals surface area contributed by atoms with Gasteiger partial charge in [-0.15, -0.1) is 0 Å². The SMILES string of the molecule is CCNCc1cncc(N2CC(C)OC(C)C2)n1. The number of nitrogens with one attached hydrogen (secondary N) is 1. The summed E-state index contributed by atoms with van der Waals surface area (Å²) in [7, 11) is 0. The normalized spacial score (nSPS) is 24.3. The number of anilines is 1. The van der Waals surface area contributed by atoms with Gasteiger partial charge in [0, 0.05) is 25.8 Å². The van der Waals surface area contributed by atoms with E-state index in [1.807, 2.05) is 12.4 Å². The molecular weight excluding hydrogens is 228 g/mol. The number of aromatic nitrogens is 2. The van der Waals surface area contributed by atoms with Gasteiger partial charge in [-0.3, -0.25) is 4.98 Å². The maximum Gasteiger partial charge on any atom is 0.147 e. The summed E-state index contributed by atoms with van der Waals surface area (Å²) in [4.78, 5) is 11.2. The summed E-state index contributed by atoms with van der Waals surface area (Å²) in [6, 6.07) is 0. The van der Waals surface area contributed by atoms with E-state index < -0.39 is 0 Å². The van der Waals surface area contributed by atoms with Crippen molar-refractivity contribution in [2.75, 3.05) is 24.5 Å². The standard InChI is InChI=1S/C13H22N4O/c1-4-14-5-12-6-15-7-13(16-12)17-8-10(2)18-11(3)9-17/h6-7,10-11,14H,4-5,8-9H2,1-3H3. The minimum Gasteiger partial charge on any atom is -0.372 e. The number of ether oxygens (including phenoxy) is 1. The molecule has 1 fully saturated rings. The Morgan fingerprint density at radius 1 is 1.33 bits per heavy atom. The second-order valence-corrected chi connectivity index (χ2v) is 4.81. The van der Waals surface area contributed by atoms with Crippen molar-refractivity contribution in [3.05, 3.63) is 18.1 Å². The topological polar surface area (TPSA) is 50.3 Å². The molecule has 100 valence electrons. The van der Waals surface area contributed by atoms with Crippen molar-refractivity contribution >= 4 is 5.82 Å². The molecule has 0 bridgehead atoms. The number of hydrogen-bond donors (Lipinski definition) is 1. The molecule has 18 heavy (non-hydrogen) atoms. The minimum atomic E-state index is 0.243. The Labute approximate surface area is 109 Å². The summed E-state index contributed by atoms with van der Waals surface area (Å²) in [6.45, 7) is 9.75. The molecule has 5 heteroatoms. The summed E-state index contributed by atoms with van der Waals surface area (Å²) >= 11 is 0. The molecular formula is C13H22N4O. The first kappa shape index (κ1) is 13.2. The van der Waals surface area contributed by atoms with Crippen LogP contribution < -0.4 is 10.2 Å². The molecule has 5 nitrogen and oxygen atoms in total. The van der Waals surface area contributed by atoms with Gasteiger partial charge in [-0.05, 0) is 20.4 Å². The monoisotopic (exact) mass is 250 g/mol. The largest absolute Gasteiger partial charge is 0.372 e. The van der Waals surface area contributed by atoms with E-state index in [0.717, 1.165) is 37.7 Å². The first-order chi connectivity index (χ1) is 8.69. The first-order valence-electron chi connectivity index (χ1n) is 6.61. The Bertz CT molecular complexity index is 375. The van der Waals surface area contributed by atoms with Gasteiger partial charge in [0.1, 0.15) is 5.82 Å². The highest BCUT2D eigenvalue weighted by Crippen LogP contribution is 2.17. The van der Waals surface area contributed by atoms with Gasteiger partial charge in [-0.1, -0.05) is 6.92 Å². The van der Waals surface area contributed by atoms with Crippen LogP contribution in [-0.2, 0) is 11.3 Å². The Kier molecular flexibility index (Phi) is 4.49. The third-order valence-corrected chi connectivity index (χ3v) is 2.97. The molecule has 0 radical (unpaired) electrons. The molecule has 1 aromatic rings. The quantitative estimate of drug-likeness (QED) is 0.870. The third kappa shape index (κ3) is 3.40. The number of rotatable bonds is 4. The highest BCUT2D eigenvalue weighted by molar-refractivity contribution is 5.37. The fraction of sp³-hybridized carbons (Fsp3) is 0.692. The van der Waals surface area contributed by atoms with E-state index in [1.165, 1.54) is 0 Å². The molecule has 1 aliphatic heterocycles. The van der Waals surface area contributed by atoms with Crippen molar-refractivity contribution in [3.8, 4) is 0 Å². The Hall–Kier alpha value is -1.20. The van der Waals surface area contributed by atoms with Gasteiger partial charge < -0.3 is 15.0 Å². The smallest absolute Gasteiger partial charge is 0.147 e. The van der Waals surface area contributed by atoms with E-state index in [9.17, 15) is 0 Å². The van der Waals surface area contributed by atoms with E-state index >= 15 is 0 Å². The molecule has 0 amide bonds. The van der Waals surface area contributed by atoms with E-state index in [2.05, 4.69) is 41.0 Å². The summed E-state index contributed by atoms with van der Waals surface area (Å²) < 4.78 is 5.73. The molecule has 2 atom stereocenters. The summed E-state index contributed by atoms with van der Waals surface area (Å²) in [5.41, 5.74) is 0.987. The van der Waals surface area contributed by atoms with Crippen LogP contribution >= 0.6 is 0 Å². The van der Waals surface area contributed by atoms with Crippen LogP contribution in [0.25, 0.3) is 0 Å². The Morgan fingerprint density at radius 2 is 2.06 bits per heavy atom. The predicted octanol–water partition coefficient (Wildman–Crippen LogP) is 1.20. The average Bonchev–Trinajstić information content (AvgIpc) is 2.35. The zero-order chi connectivity index (χ0) is 13.0. The van der Waals surface area contributed by atoms with Crippen LogP contribution in [0.5, 0.6) is 0 Å². The van der Waals surface area contributed by atoms with Crippen molar-refractivity contribution < 1.29 is 4.74 Å². The third-order valence-electron chi connectivity index (χ3n) is 2.97. The van der Waals surface area contributed by atoms with Crippen molar-refractivity contribution in [1.82, 2.24) is 15.3 Å². The van der Waals surface area contributed by atoms with Crippen molar-refractivity contribution in [2.24, 2.45) is 0 Å². The van der Waals surface area contributed by atoms with Crippen LogP contribution in [-0.4, -0.2) is 41.8 Å². The van der Waals surface area contributed by atoms with E-state index in [4.69, 9.17) is 4.74 Å². The molecule has 0 aliphatic carbocycles. The maximum atomic E-state index is 5.73. The van der Waals surface area contributed by atoms with Crippen LogP contribution in [0.4, 0.5) is 5.82 Å². The molecule has 1 aromatic heterocycles. The molecule has 0 aromatic carbocycles. The predicted molar refractivity (Wildman–Crippen MR) is 71.6 cm³/mol. The van der Waals surface area contributed by atoms with Crippen LogP contribution in [0.1, 0.15) is 26.5 Å². The zero-order valence-electron chi connectivity index (χ0n) is 11.4. The highest BCUT2D eigenvalue weighted by Gasteiger charge is 2.23. The van der Waals surface area contributed by atoms with Crippen molar-refractivity contribution in [1.29, 1.82) is 0 Å². The van der Waals surface area contributed by atoms with Crippen molar-refractivity contribution in [3.63, 3.8) is 0 Å². The average molecular weight is 250 g/mol. The molecule has 0 spiro atoms. The highest BCUT2D eigenvalue weighted by atomic mass is 16.5. The van der Waals surface area contributed by atoms with Gasteiger partial charge in [-0.2, -0.15) is 0 Å². The number of morpholine rings is 1. The maximum absolute atomic E-state index is 5.73. The van der Waals surface area contributed by atoms with Crippen LogP contribution in [0.3, 0.4) is 0 Å². The van der Waals surface area contributed by atoms with E-state index in [1.54, 1.807) is 0 Å². The second-order valence-electron chi connectivity index (χ2n) is 4.81. The molecule has 2 unspecified atom stereocenters. The lowest BCUT2D eigenvalue weighted by Crippen LogP contribution is -2.46. The molecule has 1 aliphatic rings. The lowest BCUT2D eigenvalue weighted by molar-refractivity contribution is -0.00548. The molecule has 1 saturated heterocycles. The fourth-order valence-electron chi connectivity index (χ4n) is 2.25. The Morgan fingerprint density at radius 3 is 2.72 bits per heavy atom. The molecule has 2 rings (SSSR count). The van der Waals surface area contributed by atoms with Gasteiger partial charge in [0.05, 0.1) is 24.1 Å². The minimum absolute atomic E-state index is 0.243. The summed E-state index contributed by atoms with van der Waals surface area (Å²) in [5.74, 6) is 0.951. The lowest BCUT2D eigenvalue weighted by Gasteiger charge is -2.35. The Balaban J connectivity index is 2.07. The van der Waals surface area contributed by atoms with E-state index in [-0.39, 0.29) is 12.2 Å². The van der Waals surface area contributed by atoms with Gasteiger partial charge in [0.2, 0.25) is 0 Å². The van der Waals surface area contributed by atoms with Crippen LogP contribution in [0, 0.1) is 0 Å². The number of hydrogen-bond acceptors (Lipinski definition) is 5. The van der Waals surface area contributed by atoms with Crippen molar-refractivity contribution in [2.45, 2.75) is 39.5 Å². The second kappa shape index (κ2) is 6.11. The van der Waals surface area contributed by atoms with Gasteiger partial charge in [0.15, 0.2) is 0 Å². The van der Waals surface area contributed by atoms with Gasteiger partial charge >= 0.3 is 0 Å². The van der Waals surface area contributed by atoms with Gasteiger partial charge in [-0.25, -0.2) is 4.98 Å². The summed E-state index contributed by atoms with van der Waals surface area (Å²) in [6.07, 6.45) is 4.14.